The van der Waals surface area contributed by atoms with E-state index < -0.39 is 0 Å². The Kier molecular flexibility index (Phi) is 4.12. The standard InChI is InChI=1S/C11H15BrClNO/c12-11-4-3-10(15-11)8-14-6-1-2-9(13)5-7-14/h3-4,9H,1-2,5-8H2. The van der Waals surface area contributed by atoms with Crippen molar-refractivity contribution >= 4 is 27.5 Å². The molecule has 15 heavy (non-hydrogen) atoms. The molecule has 2 rings (SSSR count). The molecule has 1 aliphatic heterocycles. The number of rotatable bonds is 2. The Bertz CT molecular complexity index is 315. The van der Waals surface area contributed by atoms with E-state index in [-0.39, 0.29) is 0 Å². The Hall–Kier alpha value is 0.01000. The summed E-state index contributed by atoms with van der Waals surface area (Å²) in [5, 5.41) is 0.360. The van der Waals surface area contributed by atoms with Crippen LogP contribution in [0.25, 0.3) is 0 Å². The summed E-state index contributed by atoms with van der Waals surface area (Å²) in [6.45, 7) is 3.10. The summed E-state index contributed by atoms with van der Waals surface area (Å²) >= 11 is 9.45. The molecule has 1 unspecified atom stereocenters. The lowest BCUT2D eigenvalue weighted by molar-refractivity contribution is 0.251. The molecule has 0 bridgehead atoms. The quantitative estimate of drug-likeness (QED) is 0.774. The lowest BCUT2D eigenvalue weighted by Crippen LogP contribution is -2.24. The smallest absolute Gasteiger partial charge is 0.169 e. The van der Waals surface area contributed by atoms with Crippen LogP contribution < -0.4 is 0 Å². The molecule has 1 saturated heterocycles. The number of furan rings is 1. The fourth-order valence-corrected chi connectivity index (χ4v) is 2.52. The van der Waals surface area contributed by atoms with Crippen LogP contribution in [-0.2, 0) is 6.54 Å². The van der Waals surface area contributed by atoms with Crippen molar-refractivity contribution in [2.24, 2.45) is 0 Å². The molecule has 0 radical (unpaired) electrons. The molecular weight excluding hydrogens is 277 g/mol. The van der Waals surface area contributed by atoms with E-state index in [2.05, 4.69) is 20.8 Å². The minimum atomic E-state index is 0.360. The van der Waals surface area contributed by atoms with Gasteiger partial charge in [-0.3, -0.25) is 4.90 Å². The second kappa shape index (κ2) is 5.37. The summed E-state index contributed by atoms with van der Waals surface area (Å²) in [4.78, 5) is 2.41. The summed E-state index contributed by atoms with van der Waals surface area (Å²) in [6.07, 6.45) is 3.42. The molecule has 84 valence electrons. The van der Waals surface area contributed by atoms with Gasteiger partial charge in [0.05, 0.1) is 6.54 Å². The van der Waals surface area contributed by atoms with Crippen molar-refractivity contribution in [3.8, 4) is 0 Å². The van der Waals surface area contributed by atoms with Crippen molar-refractivity contribution < 1.29 is 4.42 Å². The third kappa shape index (κ3) is 3.51. The van der Waals surface area contributed by atoms with Gasteiger partial charge < -0.3 is 4.42 Å². The van der Waals surface area contributed by atoms with E-state index in [1.807, 2.05) is 12.1 Å². The number of hydrogen-bond donors (Lipinski definition) is 0. The van der Waals surface area contributed by atoms with E-state index >= 15 is 0 Å². The van der Waals surface area contributed by atoms with Crippen molar-refractivity contribution in [3.63, 3.8) is 0 Å². The number of alkyl halides is 1. The highest BCUT2D eigenvalue weighted by atomic mass is 79.9. The first-order valence-electron chi connectivity index (χ1n) is 5.34. The fraction of sp³-hybridized carbons (Fsp3) is 0.636. The first kappa shape index (κ1) is 11.5. The molecule has 4 heteroatoms. The van der Waals surface area contributed by atoms with Crippen LogP contribution in [0.3, 0.4) is 0 Å². The van der Waals surface area contributed by atoms with Crippen molar-refractivity contribution in [1.82, 2.24) is 4.90 Å². The van der Waals surface area contributed by atoms with Crippen LogP contribution in [0, 0.1) is 0 Å². The maximum atomic E-state index is 6.14. The van der Waals surface area contributed by atoms with Crippen LogP contribution in [-0.4, -0.2) is 23.4 Å². The minimum Gasteiger partial charge on any atom is -0.453 e. The predicted octanol–water partition coefficient (Wildman–Crippen LogP) is 3.64. The van der Waals surface area contributed by atoms with Crippen molar-refractivity contribution in [2.45, 2.75) is 31.2 Å². The van der Waals surface area contributed by atoms with Gasteiger partial charge >= 0.3 is 0 Å². The van der Waals surface area contributed by atoms with Gasteiger partial charge in [0.1, 0.15) is 5.76 Å². The lowest BCUT2D eigenvalue weighted by atomic mass is 10.2. The second-order valence-corrected chi connectivity index (χ2v) is 5.41. The van der Waals surface area contributed by atoms with Crippen LogP contribution in [0.5, 0.6) is 0 Å². The summed E-state index contributed by atoms with van der Waals surface area (Å²) in [5.74, 6) is 1.02. The molecule has 0 spiro atoms. The number of likely N-dealkylation sites (tertiary alicyclic amines) is 1. The van der Waals surface area contributed by atoms with Gasteiger partial charge in [0.2, 0.25) is 0 Å². The topological polar surface area (TPSA) is 16.4 Å². The van der Waals surface area contributed by atoms with E-state index in [0.29, 0.717) is 5.38 Å². The molecule has 0 saturated carbocycles. The van der Waals surface area contributed by atoms with Gasteiger partial charge in [0, 0.05) is 11.9 Å². The molecule has 0 amide bonds. The Morgan fingerprint density at radius 1 is 1.40 bits per heavy atom. The molecule has 2 nitrogen and oxygen atoms in total. The van der Waals surface area contributed by atoms with E-state index in [0.717, 1.165) is 42.9 Å². The van der Waals surface area contributed by atoms with Gasteiger partial charge in [0.25, 0.3) is 0 Å². The summed E-state index contributed by atoms with van der Waals surface area (Å²) < 4.78 is 6.30. The van der Waals surface area contributed by atoms with Crippen LogP contribution in [0.2, 0.25) is 0 Å². The normalized spacial score (nSPS) is 24.0. The highest BCUT2D eigenvalue weighted by Crippen LogP contribution is 2.20. The fourth-order valence-electron chi connectivity index (χ4n) is 1.93. The molecule has 1 atom stereocenters. The van der Waals surface area contributed by atoms with E-state index in [1.165, 1.54) is 6.42 Å². The molecule has 2 heterocycles. The van der Waals surface area contributed by atoms with Gasteiger partial charge in [-0.25, -0.2) is 0 Å². The Morgan fingerprint density at radius 3 is 3.00 bits per heavy atom. The van der Waals surface area contributed by atoms with Crippen molar-refractivity contribution in [3.05, 3.63) is 22.6 Å². The molecule has 1 aromatic rings. The number of hydrogen-bond acceptors (Lipinski definition) is 2. The molecule has 0 aromatic carbocycles. The zero-order valence-corrected chi connectivity index (χ0v) is 10.9. The Balaban J connectivity index is 1.88. The van der Waals surface area contributed by atoms with E-state index in [1.54, 1.807) is 0 Å². The highest BCUT2D eigenvalue weighted by Gasteiger charge is 2.15. The maximum absolute atomic E-state index is 6.14. The van der Waals surface area contributed by atoms with Crippen LogP contribution in [0.15, 0.2) is 21.2 Å². The van der Waals surface area contributed by atoms with Gasteiger partial charge in [-0.15, -0.1) is 11.6 Å². The molecule has 0 N–H and O–H groups in total. The van der Waals surface area contributed by atoms with Gasteiger partial charge in [0.15, 0.2) is 4.67 Å². The monoisotopic (exact) mass is 291 g/mol. The minimum absolute atomic E-state index is 0.360. The highest BCUT2D eigenvalue weighted by molar-refractivity contribution is 9.10. The second-order valence-electron chi connectivity index (χ2n) is 4.01. The molecule has 1 fully saturated rings. The largest absolute Gasteiger partial charge is 0.453 e. The molecule has 0 aliphatic carbocycles. The van der Waals surface area contributed by atoms with Gasteiger partial charge in [-0.1, -0.05) is 0 Å². The van der Waals surface area contributed by atoms with Crippen LogP contribution >= 0.6 is 27.5 Å². The zero-order valence-electron chi connectivity index (χ0n) is 8.59. The Morgan fingerprint density at radius 2 is 2.27 bits per heavy atom. The number of nitrogens with zero attached hydrogens (tertiary/aromatic N) is 1. The van der Waals surface area contributed by atoms with Crippen LogP contribution in [0.1, 0.15) is 25.0 Å². The van der Waals surface area contributed by atoms with Crippen molar-refractivity contribution in [2.75, 3.05) is 13.1 Å². The lowest BCUT2D eigenvalue weighted by Gasteiger charge is -2.17. The maximum Gasteiger partial charge on any atom is 0.169 e. The average molecular weight is 293 g/mol. The first-order chi connectivity index (χ1) is 7.24. The SMILES string of the molecule is ClC1CCCN(Cc2ccc(Br)o2)CC1. The van der Waals surface area contributed by atoms with Gasteiger partial charge in [-0.05, 0) is 53.9 Å². The van der Waals surface area contributed by atoms with Crippen molar-refractivity contribution in [1.29, 1.82) is 0 Å². The van der Waals surface area contributed by atoms with Crippen LogP contribution in [0.4, 0.5) is 0 Å². The third-order valence-corrected chi connectivity index (χ3v) is 3.62. The molecule has 1 aliphatic rings. The summed E-state index contributed by atoms with van der Waals surface area (Å²) in [6, 6.07) is 3.96. The number of halogens is 2. The van der Waals surface area contributed by atoms with E-state index in [4.69, 9.17) is 16.0 Å². The predicted molar refractivity (Wildman–Crippen MR) is 65.2 cm³/mol. The van der Waals surface area contributed by atoms with E-state index in [9.17, 15) is 0 Å². The first-order valence-corrected chi connectivity index (χ1v) is 6.57. The van der Waals surface area contributed by atoms with Gasteiger partial charge in [-0.2, -0.15) is 0 Å². The zero-order chi connectivity index (χ0) is 10.7. The third-order valence-electron chi connectivity index (χ3n) is 2.76. The molecule has 1 aromatic heterocycles. The molecular formula is C11H15BrClNO. The average Bonchev–Trinajstić information content (AvgIpc) is 2.48. The Labute approximate surface area is 104 Å². The summed E-state index contributed by atoms with van der Waals surface area (Å²) in [5.41, 5.74) is 0. The summed E-state index contributed by atoms with van der Waals surface area (Å²) in [7, 11) is 0.